The quantitative estimate of drug-likeness (QED) is 0.766. The molecule has 3 N–H and O–H groups in total. The standard InChI is InChI=1S/C16H26N2O2/c1-5-20-10-15(11(2)3)18-9-14-7-6-13(16(17)19)8-12(14)4/h6-8,11,15,18H,5,9-10H2,1-4H3,(H2,17,19). The molecule has 4 heteroatoms. The number of primary amides is 1. The van der Waals surface area contributed by atoms with E-state index >= 15 is 0 Å². The van der Waals surface area contributed by atoms with Crippen LogP contribution in [0.2, 0.25) is 0 Å². The first-order valence-electron chi connectivity index (χ1n) is 7.16. The topological polar surface area (TPSA) is 64.3 Å². The van der Waals surface area contributed by atoms with Crippen LogP contribution in [-0.4, -0.2) is 25.2 Å². The fraction of sp³-hybridized carbons (Fsp3) is 0.562. The minimum Gasteiger partial charge on any atom is -0.380 e. The number of benzene rings is 1. The Morgan fingerprint density at radius 1 is 1.40 bits per heavy atom. The van der Waals surface area contributed by atoms with Crippen LogP contribution in [0.1, 0.15) is 42.3 Å². The van der Waals surface area contributed by atoms with Gasteiger partial charge in [-0.3, -0.25) is 4.79 Å². The highest BCUT2D eigenvalue weighted by atomic mass is 16.5. The average molecular weight is 278 g/mol. The molecular weight excluding hydrogens is 252 g/mol. The zero-order valence-electron chi connectivity index (χ0n) is 12.9. The fourth-order valence-corrected chi connectivity index (χ4v) is 2.02. The van der Waals surface area contributed by atoms with Crippen molar-refractivity contribution in [1.82, 2.24) is 5.32 Å². The monoisotopic (exact) mass is 278 g/mol. The molecule has 0 fully saturated rings. The van der Waals surface area contributed by atoms with Gasteiger partial charge in [0.25, 0.3) is 0 Å². The normalized spacial score (nSPS) is 12.7. The lowest BCUT2D eigenvalue weighted by atomic mass is 10.0. The second-order valence-electron chi connectivity index (χ2n) is 5.40. The molecule has 0 aliphatic heterocycles. The third-order valence-corrected chi connectivity index (χ3v) is 3.49. The number of nitrogens with one attached hydrogen (secondary N) is 1. The summed E-state index contributed by atoms with van der Waals surface area (Å²) >= 11 is 0. The summed E-state index contributed by atoms with van der Waals surface area (Å²) in [4.78, 5) is 11.1. The van der Waals surface area contributed by atoms with Crippen molar-refractivity contribution in [1.29, 1.82) is 0 Å². The summed E-state index contributed by atoms with van der Waals surface area (Å²) in [5, 5.41) is 3.52. The maximum absolute atomic E-state index is 11.1. The van der Waals surface area contributed by atoms with Crippen LogP contribution in [0.25, 0.3) is 0 Å². The van der Waals surface area contributed by atoms with E-state index in [0.717, 1.165) is 18.7 Å². The molecule has 0 aliphatic rings. The zero-order valence-corrected chi connectivity index (χ0v) is 12.9. The van der Waals surface area contributed by atoms with Crippen molar-refractivity contribution in [3.05, 3.63) is 34.9 Å². The second kappa shape index (κ2) is 8.02. The lowest BCUT2D eigenvalue weighted by Gasteiger charge is -2.22. The number of ether oxygens (including phenoxy) is 1. The minimum absolute atomic E-state index is 0.324. The highest BCUT2D eigenvalue weighted by molar-refractivity contribution is 5.93. The van der Waals surface area contributed by atoms with Crippen molar-refractivity contribution in [2.75, 3.05) is 13.2 Å². The first-order chi connectivity index (χ1) is 9.45. The first kappa shape index (κ1) is 16.7. The Bertz CT molecular complexity index is 444. The van der Waals surface area contributed by atoms with Crippen LogP contribution in [0.3, 0.4) is 0 Å². The predicted molar refractivity (Wildman–Crippen MR) is 81.7 cm³/mol. The van der Waals surface area contributed by atoms with E-state index in [0.29, 0.717) is 24.1 Å². The van der Waals surface area contributed by atoms with Gasteiger partial charge in [-0.15, -0.1) is 0 Å². The molecule has 1 amide bonds. The smallest absolute Gasteiger partial charge is 0.248 e. The van der Waals surface area contributed by atoms with Crippen LogP contribution in [-0.2, 0) is 11.3 Å². The molecule has 112 valence electrons. The summed E-state index contributed by atoms with van der Waals surface area (Å²) in [6.45, 7) is 10.6. The van der Waals surface area contributed by atoms with Crippen LogP contribution in [0.5, 0.6) is 0 Å². The van der Waals surface area contributed by atoms with Crippen LogP contribution >= 0.6 is 0 Å². The third kappa shape index (κ3) is 4.94. The number of aryl methyl sites for hydroxylation is 1. The number of hydrogen-bond donors (Lipinski definition) is 2. The molecule has 0 saturated heterocycles. The molecule has 1 rings (SSSR count). The van der Waals surface area contributed by atoms with Gasteiger partial charge in [0.15, 0.2) is 0 Å². The van der Waals surface area contributed by atoms with Gasteiger partial charge in [0.05, 0.1) is 6.61 Å². The molecule has 0 radical (unpaired) electrons. The molecule has 4 nitrogen and oxygen atoms in total. The highest BCUT2D eigenvalue weighted by Gasteiger charge is 2.13. The number of rotatable bonds is 8. The van der Waals surface area contributed by atoms with Gasteiger partial charge < -0.3 is 15.8 Å². The molecule has 1 aromatic rings. The summed E-state index contributed by atoms with van der Waals surface area (Å²) in [6, 6.07) is 5.90. The summed E-state index contributed by atoms with van der Waals surface area (Å²) in [5.74, 6) is 0.121. The Morgan fingerprint density at radius 3 is 2.60 bits per heavy atom. The van der Waals surface area contributed by atoms with Crippen LogP contribution in [0.4, 0.5) is 0 Å². The SMILES string of the molecule is CCOCC(NCc1ccc(C(N)=O)cc1C)C(C)C. The number of carbonyl (C=O) groups is 1. The Labute approximate surface area is 121 Å². The largest absolute Gasteiger partial charge is 0.380 e. The Kier molecular flexibility index (Phi) is 6.68. The summed E-state index contributed by atoms with van der Waals surface area (Å²) in [6.07, 6.45) is 0. The summed E-state index contributed by atoms with van der Waals surface area (Å²) in [7, 11) is 0. The maximum Gasteiger partial charge on any atom is 0.248 e. The Morgan fingerprint density at radius 2 is 2.10 bits per heavy atom. The van der Waals surface area contributed by atoms with Gasteiger partial charge in [-0.05, 0) is 43.0 Å². The lowest BCUT2D eigenvalue weighted by Crippen LogP contribution is -2.37. The maximum atomic E-state index is 11.1. The lowest BCUT2D eigenvalue weighted by molar-refractivity contribution is 0.1000. The van der Waals surface area contributed by atoms with E-state index in [1.165, 1.54) is 5.56 Å². The Balaban J connectivity index is 2.65. The fourth-order valence-electron chi connectivity index (χ4n) is 2.02. The van der Waals surface area contributed by atoms with Crippen molar-refractivity contribution in [2.45, 2.75) is 40.3 Å². The van der Waals surface area contributed by atoms with Gasteiger partial charge in [-0.25, -0.2) is 0 Å². The van der Waals surface area contributed by atoms with Crippen LogP contribution in [0, 0.1) is 12.8 Å². The number of nitrogens with two attached hydrogens (primary N) is 1. The second-order valence-corrected chi connectivity index (χ2v) is 5.40. The first-order valence-corrected chi connectivity index (χ1v) is 7.16. The number of amides is 1. The van der Waals surface area contributed by atoms with Gasteiger partial charge in [-0.2, -0.15) is 0 Å². The van der Waals surface area contributed by atoms with E-state index in [9.17, 15) is 4.79 Å². The summed E-state index contributed by atoms with van der Waals surface area (Å²) < 4.78 is 5.50. The van der Waals surface area contributed by atoms with Crippen molar-refractivity contribution in [3.63, 3.8) is 0 Å². The van der Waals surface area contributed by atoms with Gasteiger partial charge >= 0.3 is 0 Å². The molecule has 20 heavy (non-hydrogen) atoms. The van der Waals surface area contributed by atoms with Crippen molar-refractivity contribution in [3.8, 4) is 0 Å². The number of carbonyl (C=O) groups excluding carboxylic acids is 1. The molecule has 1 unspecified atom stereocenters. The van der Waals surface area contributed by atoms with E-state index in [-0.39, 0.29) is 5.91 Å². The molecule has 0 aromatic heterocycles. The highest BCUT2D eigenvalue weighted by Crippen LogP contribution is 2.12. The van der Waals surface area contributed by atoms with Gasteiger partial charge in [0.2, 0.25) is 5.91 Å². The molecule has 0 heterocycles. The molecule has 0 spiro atoms. The van der Waals surface area contributed by atoms with Crippen LogP contribution < -0.4 is 11.1 Å². The Hall–Kier alpha value is -1.39. The van der Waals surface area contributed by atoms with E-state index in [4.69, 9.17) is 10.5 Å². The van der Waals surface area contributed by atoms with Gasteiger partial charge in [0, 0.05) is 24.8 Å². The predicted octanol–water partition coefficient (Wildman–Crippen LogP) is 2.24. The minimum atomic E-state index is -0.385. The third-order valence-electron chi connectivity index (χ3n) is 3.49. The molecular formula is C16H26N2O2. The van der Waals surface area contributed by atoms with E-state index in [1.807, 2.05) is 26.0 Å². The van der Waals surface area contributed by atoms with Crippen molar-refractivity contribution >= 4 is 5.91 Å². The van der Waals surface area contributed by atoms with E-state index in [1.54, 1.807) is 6.07 Å². The van der Waals surface area contributed by atoms with E-state index in [2.05, 4.69) is 19.2 Å². The average Bonchev–Trinajstić information content (AvgIpc) is 2.39. The van der Waals surface area contributed by atoms with Gasteiger partial charge in [0.1, 0.15) is 0 Å². The molecule has 1 aromatic carbocycles. The van der Waals surface area contributed by atoms with Crippen LogP contribution in [0.15, 0.2) is 18.2 Å². The molecule has 0 saturated carbocycles. The van der Waals surface area contributed by atoms with Gasteiger partial charge in [-0.1, -0.05) is 19.9 Å². The molecule has 0 aliphatic carbocycles. The zero-order chi connectivity index (χ0) is 15.1. The summed E-state index contributed by atoms with van der Waals surface area (Å²) in [5.41, 5.74) is 8.09. The number of hydrogen-bond acceptors (Lipinski definition) is 3. The molecule has 1 atom stereocenters. The molecule has 0 bridgehead atoms. The van der Waals surface area contributed by atoms with E-state index < -0.39 is 0 Å². The van der Waals surface area contributed by atoms with Crippen molar-refractivity contribution < 1.29 is 9.53 Å². The van der Waals surface area contributed by atoms with Crippen molar-refractivity contribution in [2.24, 2.45) is 11.7 Å².